The van der Waals surface area contributed by atoms with Crippen molar-refractivity contribution in [2.75, 3.05) is 0 Å². The maximum atomic E-state index is 12.3. The van der Waals surface area contributed by atoms with E-state index in [-0.39, 0.29) is 24.3 Å². The highest BCUT2D eigenvalue weighted by Crippen LogP contribution is 2.37. The Morgan fingerprint density at radius 2 is 1.44 bits per heavy atom. The van der Waals surface area contributed by atoms with E-state index in [1.807, 2.05) is 0 Å². The Morgan fingerprint density at radius 3 is 2.00 bits per heavy atom. The fourth-order valence-corrected chi connectivity index (χ4v) is 3.44. The molecule has 0 saturated heterocycles. The Morgan fingerprint density at radius 1 is 0.861 bits per heavy atom. The number of hydrogen-bond donors (Lipinski definition) is 2. The first-order chi connectivity index (χ1) is 17.1. The van der Waals surface area contributed by atoms with E-state index >= 15 is 0 Å². The summed E-state index contributed by atoms with van der Waals surface area (Å²) in [5, 5.41) is 9.67. The van der Waals surface area contributed by atoms with Crippen LogP contribution in [0.3, 0.4) is 0 Å². The third-order valence-corrected chi connectivity index (χ3v) is 5.58. The summed E-state index contributed by atoms with van der Waals surface area (Å²) in [7, 11) is 0. The number of para-hydroxylation sites is 1. The van der Waals surface area contributed by atoms with Crippen LogP contribution >= 0.6 is 0 Å². The predicted molar refractivity (Wildman–Crippen MR) is 129 cm³/mol. The molecule has 0 spiro atoms. The quantitative estimate of drug-likeness (QED) is 0.262. The van der Waals surface area contributed by atoms with E-state index in [1.54, 1.807) is 58.0 Å². The maximum Gasteiger partial charge on any atom is 0.514 e. The van der Waals surface area contributed by atoms with Crippen molar-refractivity contribution >= 4 is 24.1 Å². The minimum Gasteiger partial charge on any atom is -0.480 e. The summed E-state index contributed by atoms with van der Waals surface area (Å²) in [6, 6.07) is 11.3. The zero-order chi connectivity index (χ0) is 26.8. The monoisotopic (exact) mass is 501 g/mol. The van der Waals surface area contributed by atoms with Gasteiger partial charge >= 0.3 is 24.1 Å². The van der Waals surface area contributed by atoms with Crippen LogP contribution in [0.4, 0.5) is 4.79 Å². The van der Waals surface area contributed by atoms with Crippen molar-refractivity contribution in [1.82, 2.24) is 0 Å². The molecule has 0 aliphatic heterocycles. The fourth-order valence-electron chi connectivity index (χ4n) is 3.44. The number of carbonyl (C=O) groups is 4. The van der Waals surface area contributed by atoms with Crippen LogP contribution in [0.25, 0.3) is 0 Å². The number of aliphatic carboxylic acids is 1. The van der Waals surface area contributed by atoms with Crippen molar-refractivity contribution in [2.24, 2.45) is 11.7 Å². The third kappa shape index (κ3) is 7.81. The van der Waals surface area contributed by atoms with Gasteiger partial charge in [0.1, 0.15) is 17.9 Å². The van der Waals surface area contributed by atoms with E-state index in [1.165, 1.54) is 18.2 Å². The average Bonchev–Trinajstić information content (AvgIpc) is 2.85. The van der Waals surface area contributed by atoms with Crippen molar-refractivity contribution in [3.8, 4) is 17.2 Å². The molecule has 2 aromatic rings. The minimum atomic E-state index is -1.39. The number of nitrogens with two attached hydrogens (primary N) is 1. The van der Waals surface area contributed by atoms with E-state index in [0.717, 1.165) is 0 Å². The SMILES string of the molecule is CCC(=O)Oc1ccc(C(C(C)C(C)OC(=O)Oc2ccccc2)[C@H](N)C(=O)O)cc1OC(=O)CC. The standard InChI is InChI=1S/C26H31NO9/c1-5-21(28)35-19-13-12-17(14-20(19)36-22(29)6-2)23(24(27)25(30)31)15(3)16(4)33-26(32)34-18-10-8-7-9-11-18/h7-16,23-24H,5-6,27H2,1-4H3,(H,30,31)/t15?,16?,23?,24-/m0/s1. The Labute approximate surface area is 209 Å². The van der Waals surface area contributed by atoms with Gasteiger partial charge in [-0.25, -0.2) is 4.79 Å². The smallest absolute Gasteiger partial charge is 0.480 e. The number of benzene rings is 2. The molecular weight excluding hydrogens is 470 g/mol. The molecular formula is C26H31NO9. The summed E-state index contributed by atoms with van der Waals surface area (Å²) in [4.78, 5) is 47.9. The molecule has 36 heavy (non-hydrogen) atoms. The molecule has 0 fully saturated rings. The highest BCUT2D eigenvalue weighted by atomic mass is 16.7. The Kier molecular flexibility index (Phi) is 10.4. The molecule has 4 atom stereocenters. The summed E-state index contributed by atoms with van der Waals surface area (Å²) in [5.74, 6) is -3.63. The van der Waals surface area contributed by atoms with Gasteiger partial charge in [0.25, 0.3) is 0 Å². The van der Waals surface area contributed by atoms with Crippen molar-refractivity contribution < 1.29 is 43.2 Å². The molecule has 10 heteroatoms. The number of rotatable bonds is 11. The van der Waals surface area contributed by atoms with E-state index in [0.29, 0.717) is 11.3 Å². The van der Waals surface area contributed by atoms with Crippen LogP contribution < -0.4 is 19.9 Å². The van der Waals surface area contributed by atoms with Crippen LogP contribution in [0.15, 0.2) is 48.5 Å². The molecule has 0 aromatic heterocycles. The zero-order valence-electron chi connectivity index (χ0n) is 20.6. The number of carboxylic acids is 1. The molecule has 0 aliphatic rings. The van der Waals surface area contributed by atoms with Gasteiger partial charge in [-0.1, -0.05) is 45.0 Å². The second-order valence-electron chi connectivity index (χ2n) is 8.10. The first kappa shape index (κ1) is 28.3. The average molecular weight is 502 g/mol. The number of carbonyl (C=O) groups excluding carboxylic acids is 3. The fraction of sp³-hybridized carbons (Fsp3) is 0.385. The summed E-state index contributed by atoms with van der Waals surface area (Å²) in [6.45, 7) is 6.48. The molecule has 10 nitrogen and oxygen atoms in total. The molecule has 0 bridgehead atoms. The van der Waals surface area contributed by atoms with Gasteiger partial charge in [0, 0.05) is 24.7 Å². The summed E-state index contributed by atoms with van der Waals surface area (Å²) in [5.41, 5.74) is 6.43. The molecule has 0 amide bonds. The summed E-state index contributed by atoms with van der Waals surface area (Å²) in [6.07, 6.45) is -1.60. The van der Waals surface area contributed by atoms with Crippen LogP contribution in [0.1, 0.15) is 52.0 Å². The van der Waals surface area contributed by atoms with Gasteiger partial charge in [-0.2, -0.15) is 0 Å². The first-order valence-corrected chi connectivity index (χ1v) is 11.5. The Hall–Kier alpha value is -3.92. The molecule has 2 aromatic carbocycles. The lowest BCUT2D eigenvalue weighted by Gasteiger charge is -2.31. The highest BCUT2D eigenvalue weighted by Gasteiger charge is 2.36. The van der Waals surface area contributed by atoms with Gasteiger partial charge in [-0.15, -0.1) is 0 Å². The summed E-state index contributed by atoms with van der Waals surface area (Å²) < 4.78 is 21.1. The first-order valence-electron chi connectivity index (χ1n) is 11.5. The van der Waals surface area contributed by atoms with Crippen LogP contribution in [-0.4, -0.2) is 41.3 Å². The van der Waals surface area contributed by atoms with E-state index < -0.39 is 48.0 Å². The molecule has 0 aliphatic carbocycles. The number of carboxylic acid groups (broad SMARTS) is 1. The number of hydrogen-bond acceptors (Lipinski definition) is 9. The van der Waals surface area contributed by atoms with Crippen molar-refractivity contribution in [2.45, 2.75) is 58.6 Å². The third-order valence-electron chi connectivity index (χ3n) is 5.58. The number of ether oxygens (including phenoxy) is 4. The van der Waals surface area contributed by atoms with Crippen LogP contribution in [0.5, 0.6) is 17.2 Å². The lowest BCUT2D eigenvalue weighted by atomic mass is 9.79. The van der Waals surface area contributed by atoms with Gasteiger partial charge in [0.05, 0.1) is 0 Å². The van der Waals surface area contributed by atoms with Crippen LogP contribution in [-0.2, 0) is 19.1 Å². The second kappa shape index (κ2) is 13.2. The maximum absolute atomic E-state index is 12.3. The lowest BCUT2D eigenvalue weighted by molar-refractivity contribution is -0.140. The summed E-state index contributed by atoms with van der Waals surface area (Å²) >= 11 is 0. The normalized spacial score (nSPS) is 14.0. The number of esters is 2. The molecule has 2 rings (SSSR count). The van der Waals surface area contributed by atoms with Crippen molar-refractivity contribution in [3.63, 3.8) is 0 Å². The zero-order valence-corrected chi connectivity index (χ0v) is 20.6. The van der Waals surface area contributed by atoms with E-state index in [4.69, 9.17) is 24.7 Å². The second-order valence-corrected chi connectivity index (χ2v) is 8.10. The van der Waals surface area contributed by atoms with Gasteiger partial charge in [-0.3, -0.25) is 14.4 Å². The van der Waals surface area contributed by atoms with E-state index in [9.17, 15) is 24.3 Å². The molecule has 194 valence electrons. The highest BCUT2D eigenvalue weighted by molar-refractivity contribution is 5.77. The van der Waals surface area contributed by atoms with Crippen molar-refractivity contribution in [1.29, 1.82) is 0 Å². The van der Waals surface area contributed by atoms with Crippen LogP contribution in [0.2, 0.25) is 0 Å². The van der Waals surface area contributed by atoms with Crippen LogP contribution in [0, 0.1) is 5.92 Å². The van der Waals surface area contributed by atoms with E-state index in [2.05, 4.69) is 0 Å². The van der Waals surface area contributed by atoms with Gasteiger partial charge < -0.3 is 29.8 Å². The van der Waals surface area contributed by atoms with Gasteiger partial charge in [0.15, 0.2) is 11.5 Å². The topological polar surface area (TPSA) is 151 Å². The predicted octanol–water partition coefficient (Wildman–Crippen LogP) is 4.05. The Balaban J connectivity index is 2.36. The molecule has 3 N–H and O–H groups in total. The molecule has 0 heterocycles. The Bertz CT molecular complexity index is 1070. The molecule has 3 unspecified atom stereocenters. The lowest BCUT2D eigenvalue weighted by Crippen LogP contribution is -2.43. The molecule has 0 saturated carbocycles. The van der Waals surface area contributed by atoms with Gasteiger partial charge in [0.2, 0.25) is 0 Å². The largest absolute Gasteiger partial charge is 0.514 e. The van der Waals surface area contributed by atoms with Crippen molar-refractivity contribution in [3.05, 3.63) is 54.1 Å². The minimum absolute atomic E-state index is 0.0124. The molecule has 0 radical (unpaired) electrons. The van der Waals surface area contributed by atoms with Gasteiger partial charge in [-0.05, 0) is 36.8 Å².